The number of thiazole rings is 1. The van der Waals surface area contributed by atoms with E-state index in [1.54, 1.807) is 6.92 Å². The normalized spacial score (nSPS) is 11.5. The second-order valence-electron chi connectivity index (χ2n) is 6.38. The fraction of sp³-hybridized carbons (Fsp3) is 0.273. The summed E-state index contributed by atoms with van der Waals surface area (Å²) in [6.45, 7) is 2.46. The number of hydrogen-bond donors (Lipinski definition) is 0. The van der Waals surface area contributed by atoms with Crippen molar-refractivity contribution in [3.05, 3.63) is 76.3 Å². The van der Waals surface area contributed by atoms with Crippen LogP contribution in [-0.2, 0) is 28.7 Å². The molecule has 0 radical (unpaired) electrons. The number of aromatic nitrogens is 1. The van der Waals surface area contributed by atoms with Crippen LogP contribution >= 0.6 is 11.3 Å². The Hall–Kier alpha value is -2.71. The summed E-state index contributed by atoms with van der Waals surface area (Å²) in [7, 11) is 0. The monoisotopic (exact) mass is 435 g/mol. The van der Waals surface area contributed by atoms with Gasteiger partial charge in [-0.25, -0.2) is 9.78 Å². The zero-order chi connectivity index (χ0) is 21.6. The van der Waals surface area contributed by atoms with Crippen molar-refractivity contribution in [1.82, 2.24) is 4.98 Å². The number of halogens is 3. The Morgan fingerprint density at radius 3 is 2.40 bits per heavy atom. The molecule has 4 nitrogen and oxygen atoms in total. The van der Waals surface area contributed by atoms with Gasteiger partial charge in [-0.1, -0.05) is 42.5 Å². The van der Waals surface area contributed by atoms with E-state index in [-0.39, 0.29) is 13.2 Å². The molecule has 0 saturated heterocycles. The van der Waals surface area contributed by atoms with Gasteiger partial charge in [0.2, 0.25) is 0 Å². The fourth-order valence-electron chi connectivity index (χ4n) is 2.73. The molecule has 8 heteroatoms. The molecule has 30 heavy (non-hydrogen) atoms. The maximum Gasteiger partial charge on any atom is 0.416 e. The minimum Gasteiger partial charge on any atom is -0.462 e. The first-order valence-electron chi connectivity index (χ1n) is 9.34. The number of benzene rings is 2. The van der Waals surface area contributed by atoms with Crippen molar-refractivity contribution in [3.63, 3.8) is 0 Å². The standard InChI is InChI=1S/C22H20F3NO3S/c1-2-29-21(27)19-18(14-28-13-12-15-6-4-3-5-7-15)26-20(30-19)16-8-10-17(11-9-16)22(23,24)25/h3-11H,2,12-14H2,1H3. The highest BCUT2D eigenvalue weighted by Crippen LogP contribution is 2.33. The lowest BCUT2D eigenvalue weighted by atomic mass is 10.1. The Morgan fingerprint density at radius 1 is 1.07 bits per heavy atom. The van der Waals surface area contributed by atoms with Gasteiger partial charge in [0.05, 0.1) is 31.1 Å². The zero-order valence-corrected chi connectivity index (χ0v) is 17.1. The van der Waals surface area contributed by atoms with E-state index in [2.05, 4.69) is 4.98 Å². The Kier molecular flexibility index (Phi) is 7.23. The average Bonchev–Trinajstić information content (AvgIpc) is 3.16. The third kappa shape index (κ3) is 5.67. The summed E-state index contributed by atoms with van der Waals surface area (Å²) in [6.07, 6.45) is -3.69. The Labute approximate surface area is 176 Å². The first kappa shape index (κ1) is 22.0. The molecule has 0 atom stereocenters. The van der Waals surface area contributed by atoms with Gasteiger partial charge in [-0.3, -0.25) is 0 Å². The van der Waals surface area contributed by atoms with Crippen LogP contribution in [0.2, 0.25) is 0 Å². The first-order valence-corrected chi connectivity index (χ1v) is 10.2. The lowest BCUT2D eigenvalue weighted by molar-refractivity contribution is -0.137. The van der Waals surface area contributed by atoms with Crippen molar-refractivity contribution in [3.8, 4) is 10.6 Å². The number of ether oxygens (including phenoxy) is 2. The first-order chi connectivity index (χ1) is 14.4. The molecule has 0 saturated carbocycles. The quantitative estimate of drug-likeness (QED) is 0.333. The van der Waals surface area contributed by atoms with Crippen molar-refractivity contribution in [1.29, 1.82) is 0 Å². The van der Waals surface area contributed by atoms with Gasteiger partial charge in [-0.2, -0.15) is 13.2 Å². The summed E-state index contributed by atoms with van der Waals surface area (Å²) in [5, 5.41) is 0.438. The summed E-state index contributed by atoms with van der Waals surface area (Å²) in [4.78, 5) is 17.0. The number of carbonyl (C=O) groups is 1. The molecule has 0 spiro atoms. The largest absolute Gasteiger partial charge is 0.462 e. The number of rotatable bonds is 8. The minimum atomic E-state index is -4.41. The van der Waals surface area contributed by atoms with Gasteiger partial charge in [0.25, 0.3) is 0 Å². The third-order valence-corrected chi connectivity index (χ3v) is 5.36. The number of alkyl halides is 3. The minimum absolute atomic E-state index is 0.109. The molecule has 0 N–H and O–H groups in total. The molecule has 0 aliphatic carbocycles. The topological polar surface area (TPSA) is 48.4 Å². The SMILES string of the molecule is CCOC(=O)c1sc(-c2ccc(C(F)(F)F)cc2)nc1COCCc1ccccc1. The third-order valence-electron chi connectivity index (χ3n) is 4.23. The highest BCUT2D eigenvalue weighted by atomic mass is 32.1. The van der Waals surface area contributed by atoms with E-state index in [0.29, 0.717) is 34.2 Å². The van der Waals surface area contributed by atoms with Crippen molar-refractivity contribution < 1.29 is 27.4 Å². The van der Waals surface area contributed by atoms with Crippen LogP contribution < -0.4 is 0 Å². The van der Waals surface area contributed by atoms with Gasteiger partial charge in [0, 0.05) is 5.56 Å². The van der Waals surface area contributed by atoms with Crippen molar-refractivity contribution in [2.75, 3.05) is 13.2 Å². The molecule has 0 aliphatic rings. The molecule has 0 aliphatic heterocycles. The molecular weight excluding hydrogens is 415 g/mol. The van der Waals surface area contributed by atoms with Gasteiger partial charge >= 0.3 is 12.1 Å². The predicted molar refractivity (Wildman–Crippen MR) is 108 cm³/mol. The predicted octanol–water partition coefficient (Wildman–Crippen LogP) is 5.76. The fourth-order valence-corrected chi connectivity index (χ4v) is 3.70. The highest BCUT2D eigenvalue weighted by molar-refractivity contribution is 7.17. The summed E-state index contributed by atoms with van der Waals surface area (Å²) < 4.78 is 49.1. The Bertz CT molecular complexity index is 970. The summed E-state index contributed by atoms with van der Waals surface area (Å²) >= 11 is 1.08. The Morgan fingerprint density at radius 2 is 1.77 bits per heavy atom. The van der Waals surface area contributed by atoms with E-state index in [4.69, 9.17) is 9.47 Å². The molecule has 1 aromatic heterocycles. The van der Waals surface area contributed by atoms with Crippen LogP contribution in [0, 0.1) is 0 Å². The van der Waals surface area contributed by atoms with Gasteiger partial charge in [0.1, 0.15) is 9.88 Å². The lowest BCUT2D eigenvalue weighted by Gasteiger charge is -2.06. The molecule has 0 fully saturated rings. The van der Waals surface area contributed by atoms with Gasteiger partial charge < -0.3 is 9.47 Å². The number of carbonyl (C=O) groups excluding carboxylic acids is 1. The van der Waals surface area contributed by atoms with E-state index in [1.165, 1.54) is 12.1 Å². The molecule has 0 amide bonds. The van der Waals surface area contributed by atoms with Crippen LogP contribution in [0.1, 0.15) is 33.4 Å². The van der Waals surface area contributed by atoms with Gasteiger partial charge in [-0.05, 0) is 31.0 Å². The van der Waals surface area contributed by atoms with E-state index in [0.717, 1.165) is 29.0 Å². The second-order valence-corrected chi connectivity index (χ2v) is 7.38. The van der Waals surface area contributed by atoms with Crippen LogP contribution in [0.15, 0.2) is 54.6 Å². The average molecular weight is 435 g/mol. The molecule has 0 unspecified atom stereocenters. The lowest BCUT2D eigenvalue weighted by Crippen LogP contribution is -2.07. The van der Waals surface area contributed by atoms with Crippen LogP contribution in [0.5, 0.6) is 0 Å². The molecule has 1 heterocycles. The van der Waals surface area contributed by atoms with Crippen LogP contribution in [0.4, 0.5) is 13.2 Å². The van der Waals surface area contributed by atoms with Gasteiger partial charge in [-0.15, -0.1) is 11.3 Å². The smallest absolute Gasteiger partial charge is 0.416 e. The van der Waals surface area contributed by atoms with E-state index in [9.17, 15) is 18.0 Å². The zero-order valence-electron chi connectivity index (χ0n) is 16.2. The van der Waals surface area contributed by atoms with Crippen LogP contribution in [-0.4, -0.2) is 24.2 Å². The molecule has 0 bridgehead atoms. The molecule has 2 aromatic carbocycles. The number of hydrogen-bond acceptors (Lipinski definition) is 5. The highest BCUT2D eigenvalue weighted by Gasteiger charge is 2.30. The van der Waals surface area contributed by atoms with Crippen LogP contribution in [0.3, 0.4) is 0 Å². The van der Waals surface area contributed by atoms with Crippen molar-refractivity contribution >= 4 is 17.3 Å². The summed E-state index contributed by atoms with van der Waals surface area (Å²) in [6, 6.07) is 14.5. The second kappa shape index (κ2) is 9.86. The van der Waals surface area contributed by atoms with Crippen molar-refractivity contribution in [2.45, 2.75) is 26.1 Å². The van der Waals surface area contributed by atoms with Crippen molar-refractivity contribution in [2.24, 2.45) is 0 Å². The maximum atomic E-state index is 12.8. The maximum absolute atomic E-state index is 12.8. The molecule has 3 aromatic rings. The number of esters is 1. The molecule has 158 valence electrons. The molecular formula is C22H20F3NO3S. The summed E-state index contributed by atoms with van der Waals surface area (Å²) in [5.41, 5.74) is 1.31. The Balaban J connectivity index is 1.74. The number of nitrogens with zero attached hydrogens (tertiary/aromatic N) is 1. The van der Waals surface area contributed by atoms with E-state index in [1.807, 2.05) is 30.3 Å². The van der Waals surface area contributed by atoms with E-state index < -0.39 is 17.7 Å². The molecule has 3 rings (SSSR count). The van der Waals surface area contributed by atoms with E-state index >= 15 is 0 Å². The van der Waals surface area contributed by atoms with Gasteiger partial charge in [0.15, 0.2) is 0 Å². The van der Waals surface area contributed by atoms with Crippen LogP contribution in [0.25, 0.3) is 10.6 Å². The summed E-state index contributed by atoms with van der Waals surface area (Å²) in [5.74, 6) is -0.519.